The van der Waals surface area contributed by atoms with Crippen LogP contribution in [0.15, 0.2) is 95.9 Å². The molecule has 3 aromatic rings. The van der Waals surface area contributed by atoms with Crippen molar-refractivity contribution in [2.75, 3.05) is 24.4 Å². The summed E-state index contributed by atoms with van der Waals surface area (Å²) in [4.78, 5) is 14.9. The van der Waals surface area contributed by atoms with Gasteiger partial charge in [0.05, 0.1) is 10.6 Å². The summed E-state index contributed by atoms with van der Waals surface area (Å²) in [6, 6.07) is 25.3. The van der Waals surface area contributed by atoms with E-state index in [2.05, 4.69) is 18.2 Å². The Labute approximate surface area is 183 Å². The minimum absolute atomic E-state index is 0.0993. The van der Waals surface area contributed by atoms with Crippen LogP contribution in [0.5, 0.6) is 0 Å². The van der Waals surface area contributed by atoms with Crippen molar-refractivity contribution in [1.29, 1.82) is 0 Å². The highest BCUT2D eigenvalue weighted by atomic mass is 32.2. The molecule has 0 spiro atoms. The number of para-hydroxylation sites is 1. The second-order valence-electron chi connectivity index (χ2n) is 7.43. The van der Waals surface area contributed by atoms with Crippen LogP contribution < -0.4 is 4.31 Å². The molecule has 0 aromatic heterocycles. The SMILES string of the molecule is CN(c1ccccc1)S(=O)(=O)c1cccc(C(=O)N2CC=C(c3ccccc3)CC2)c1. The number of sulfonamides is 1. The van der Waals surface area contributed by atoms with Gasteiger partial charge in [-0.25, -0.2) is 8.42 Å². The fraction of sp³-hybridized carbons (Fsp3) is 0.160. The maximum atomic E-state index is 13.1. The maximum Gasteiger partial charge on any atom is 0.264 e. The van der Waals surface area contributed by atoms with E-state index in [1.54, 1.807) is 41.3 Å². The van der Waals surface area contributed by atoms with E-state index < -0.39 is 10.0 Å². The van der Waals surface area contributed by atoms with Crippen LogP contribution in [0.2, 0.25) is 0 Å². The van der Waals surface area contributed by atoms with Crippen LogP contribution in [0.1, 0.15) is 22.3 Å². The molecule has 0 atom stereocenters. The number of nitrogens with zero attached hydrogens (tertiary/aromatic N) is 2. The summed E-state index contributed by atoms with van der Waals surface area (Å²) in [7, 11) is -2.26. The standard InChI is InChI=1S/C25H24N2O3S/c1-26(23-12-6-3-7-13-23)31(29,30)24-14-8-11-22(19-24)25(28)27-17-15-21(16-18-27)20-9-4-2-5-10-20/h2-15,19H,16-18H2,1H3. The number of rotatable bonds is 5. The summed E-state index contributed by atoms with van der Waals surface area (Å²) in [6.07, 6.45) is 2.84. The minimum Gasteiger partial charge on any atom is -0.335 e. The summed E-state index contributed by atoms with van der Waals surface area (Å²) in [5, 5.41) is 0. The number of carbonyl (C=O) groups is 1. The number of carbonyl (C=O) groups excluding carboxylic acids is 1. The first-order chi connectivity index (χ1) is 15.0. The Bertz CT molecular complexity index is 1210. The van der Waals surface area contributed by atoms with Crippen molar-refractivity contribution >= 4 is 27.2 Å². The van der Waals surface area contributed by atoms with Crippen LogP contribution in [0.25, 0.3) is 5.57 Å². The Morgan fingerprint density at radius 1 is 0.903 bits per heavy atom. The number of hydrogen-bond acceptors (Lipinski definition) is 3. The Morgan fingerprint density at radius 2 is 1.58 bits per heavy atom. The molecule has 1 aliphatic rings. The number of anilines is 1. The molecule has 0 aliphatic carbocycles. The molecule has 0 fully saturated rings. The largest absolute Gasteiger partial charge is 0.335 e. The van der Waals surface area contributed by atoms with E-state index in [9.17, 15) is 13.2 Å². The Morgan fingerprint density at radius 3 is 2.23 bits per heavy atom. The zero-order chi connectivity index (χ0) is 21.8. The lowest BCUT2D eigenvalue weighted by molar-refractivity contribution is 0.0772. The van der Waals surface area contributed by atoms with Crippen LogP contribution in [0.3, 0.4) is 0 Å². The van der Waals surface area contributed by atoms with Crippen molar-refractivity contribution in [1.82, 2.24) is 4.90 Å². The van der Waals surface area contributed by atoms with Gasteiger partial charge in [0, 0.05) is 25.7 Å². The summed E-state index contributed by atoms with van der Waals surface area (Å²) < 4.78 is 27.4. The third kappa shape index (κ3) is 4.39. The van der Waals surface area contributed by atoms with Gasteiger partial charge in [-0.15, -0.1) is 0 Å². The van der Waals surface area contributed by atoms with E-state index in [1.165, 1.54) is 34.6 Å². The van der Waals surface area contributed by atoms with Crippen LogP contribution >= 0.6 is 0 Å². The molecular weight excluding hydrogens is 408 g/mol. The summed E-state index contributed by atoms with van der Waals surface area (Å²) >= 11 is 0. The van der Waals surface area contributed by atoms with E-state index in [0.717, 1.165) is 6.42 Å². The first-order valence-corrected chi connectivity index (χ1v) is 11.6. The highest BCUT2D eigenvalue weighted by Crippen LogP contribution is 2.25. The van der Waals surface area contributed by atoms with Crippen molar-refractivity contribution in [3.05, 3.63) is 102 Å². The van der Waals surface area contributed by atoms with Gasteiger partial charge in [-0.2, -0.15) is 0 Å². The molecule has 0 radical (unpaired) electrons. The quantitative estimate of drug-likeness (QED) is 0.599. The first kappa shape index (κ1) is 20.9. The molecule has 0 N–H and O–H groups in total. The van der Waals surface area contributed by atoms with Gasteiger partial charge in [0.25, 0.3) is 15.9 Å². The fourth-order valence-corrected chi connectivity index (χ4v) is 4.92. The average molecular weight is 433 g/mol. The molecule has 0 saturated heterocycles. The molecule has 0 saturated carbocycles. The lowest BCUT2D eigenvalue weighted by atomic mass is 9.99. The van der Waals surface area contributed by atoms with E-state index in [-0.39, 0.29) is 10.8 Å². The highest BCUT2D eigenvalue weighted by molar-refractivity contribution is 7.92. The molecule has 158 valence electrons. The highest BCUT2D eigenvalue weighted by Gasteiger charge is 2.24. The molecule has 31 heavy (non-hydrogen) atoms. The molecular formula is C25H24N2O3S. The van der Waals surface area contributed by atoms with Crippen molar-refractivity contribution in [2.45, 2.75) is 11.3 Å². The van der Waals surface area contributed by atoms with Gasteiger partial charge in [-0.1, -0.05) is 60.7 Å². The van der Waals surface area contributed by atoms with Gasteiger partial charge in [0.1, 0.15) is 0 Å². The Kier molecular flexibility index (Phi) is 5.91. The average Bonchev–Trinajstić information content (AvgIpc) is 2.84. The van der Waals surface area contributed by atoms with Gasteiger partial charge in [-0.05, 0) is 47.9 Å². The molecule has 1 amide bonds. The third-order valence-electron chi connectivity index (χ3n) is 5.50. The van der Waals surface area contributed by atoms with Gasteiger partial charge in [0.15, 0.2) is 0 Å². The zero-order valence-corrected chi connectivity index (χ0v) is 18.1. The monoisotopic (exact) mass is 432 g/mol. The summed E-state index contributed by atoms with van der Waals surface area (Å²) in [5.74, 6) is -0.164. The zero-order valence-electron chi connectivity index (χ0n) is 17.3. The molecule has 3 aromatic carbocycles. The van der Waals surface area contributed by atoms with Crippen LogP contribution in [0, 0.1) is 0 Å². The predicted molar refractivity (Wildman–Crippen MR) is 123 cm³/mol. The smallest absolute Gasteiger partial charge is 0.264 e. The predicted octanol–water partition coefficient (Wildman–Crippen LogP) is 4.44. The molecule has 1 aliphatic heterocycles. The van der Waals surface area contributed by atoms with E-state index >= 15 is 0 Å². The van der Waals surface area contributed by atoms with Gasteiger partial charge < -0.3 is 4.90 Å². The lowest BCUT2D eigenvalue weighted by Gasteiger charge is -2.27. The molecule has 0 bridgehead atoms. The molecule has 5 nitrogen and oxygen atoms in total. The van der Waals surface area contributed by atoms with Crippen LogP contribution in [-0.4, -0.2) is 39.4 Å². The normalized spacial score (nSPS) is 14.1. The van der Waals surface area contributed by atoms with E-state index in [1.807, 2.05) is 24.3 Å². The number of benzene rings is 3. The second-order valence-corrected chi connectivity index (χ2v) is 9.40. The third-order valence-corrected chi connectivity index (χ3v) is 7.28. The van der Waals surface area contributed by atoms with Crippen molar-refractivity contribution in [3.63, 3.8) is 0 Å². The van der Waals surface area contributed by atoms with E-state index in [4.69, 9.17) is 0 Å². The molecule has 4 rings (SSSR count). The molecule has 1 heterocycles. The van der Waals surface area contributed by atoms with Crippen molar-refractivity contribution in [3.8, 4) is 0 Å². The second kappa shape index (κ2) is 8.78. The fourth-order valence-electron chi connectivity index (χ4n) is 3.67. The van der Waals surface area contributed by atoms with Gasteiger partial charge in [-0.3, -0.25) is 9.10 Å². The maximum absolute atomic E-state index is 13.1. The van der Waals surface area contributed by atoms with E-state index in [0.29, 0.717) is 24.3 Å². The number of amides is 1. The molecule has 6 heteroatoms. The van der Waals surface area contributed by atoms with Gasteiger partial charge >= 0.3 is 0 Å². The van der Waals surface area contributed by atoms with Gasteiger partial charge in [0.2, 0.25) is 0 Å². The van der Waals surface area contributed by atoms with Crippen molar-refractivity contribution in [2.24, 2.45) is 0 Å². The lowest BCUT2D eigenvalue weighted by Crippen LogP contribution is -2.35. The Hall–Kier alpha value is -3.38. The molecule has 0 unspecified atom stereocenters. The van der Waals surface area contributed by atoms with Crippen molar-refractivity contribution < 1.29 is 13.2 Å². The van der Waals surface area contributed by atoms with Crippen LogP contribution in [-0.2, 0) is 10.0 Å². The summed E-state index contributed by atoms with van der Waals surface area (Å²) in [6.45, 7) is 1.10. The minimum atomic E-state index is -3.77. The summed E-state index contributed by atoms with van der Waals surface area (Å²) in [5.41, 5.74) is 3.34. The van der Waals surface area contributed by atoms with Crippen LogP contribution in [0.4, 0.5) is 5.69 Å². The topological polar surface area (TPSA) is 57.7 Å². The first-order valence-electron chi connectivity index (χ1n) is 10.1. The Balaban J connectivity index is 1.53. The number of hydrogen-bond donors (Lipinski definition) is 0.